The van der Waals surface area contributed by atoms with Gasteiger partial charge in [-0.05, 0) is 43.9 Å². The van der Waals surface area contributed by atoms with Crippen molar-refractivity contribution in [3.63, 3.8) is 0 Å². The number of hydrogen-bond donors (Lipinski definition) is 0. The Hall–Kier alpha value is -1.28. The van der Waals surface area contributed by atoms with Gasteiger partial charge in [0.1, 0.15) is 5.75 Å². The maximum absolute atomic E-state index is 5.87. The fourth-order valence-corrected chi connectivity index (χ4v) is 2.51. The molecule has 1 aromatic rings. The molecule has 0 aromatic heterocycles. The molecule has 0 fully saturated rings. The standard InChI is InChI=1S/C20H32O2/c1-8-19(21-9-2)22-17-12-10-16(11-13-17)18(14-15(3)4)20(5,6)7/h10-14,18-19H,8-9H2,1-7H3. The van der Waals surface area contributed by atoms with Crippen LogP contribution in [0.25, 0.3) is 0 Å². The van der Waals surface area contributed by atoms with Crippen molar-refractivity contribution in [2.45, 2.75) is 67.1 Å². The van der Waals surface area contributed by atoms with E-state index >= 15 is 0 Å². The first-order valence-corrected chi connectivity index (χ1v) is 8.31. The van der Waals surface area contributed by atoms with E-state index in [2.05, 4.69) is 71.9 Å². The highest BCUT2D eigenvalue weighted by Gasteiger charge is 2.24. The van der Waals surface area contributed by atoms with Crippen LogP contribution in [0.3, 0.4) is 0 Å². The molecule has 0 bridgehead atoms. The highest BCUT2D eigenvalue weighted by atomic mass is 16.7. The SMILES string of the molecule is CCOC(CC)Oc1ccc(C(C=C(C)C)C(C)(C)C)cc1. The van der Waals surface area contributed by atoms with Crippen molar-refractivity contribution in [2.75, 3.05) is 6.61 Å². The zero-order chi connectivity index (χ0) is 16.8. The van der Waals surface area contributed by atoms with Crippen LogP contribution in [0.1, 0.15) is 66.4 Å². The van der Waals surface area contributed by atoms with E-state index in [-0.39, 0.29) is 11.7 Å². The second-order valence-corrected chi connectivity index (χ2v) is 7.07. The minimum atomic E-state index is -0.160. The predicted octanol–water partition coefficient (Wildman–Crippen LogP) is 5.93. The highest BCUT2D eigenvalue weighted by molar-refractivity contribution is 5.33. The lowest BCUT2D eigenvalue weighted by molar-refractivity contribution is -0.0766. The third kappa shape index (κ3) is 5.84. The number of allylic oxidation sites excluding steroid dienone is 2. The summed E-state index contributed by atoms with van der Waals surface area (Å²) in [5.74, 6) is 1.27. The second-order valence-electron chi connectivity index (χ2n) is 7.07. The van der Waals surface area contributed by atoms with Crippen molar-refractivity contribution in [3.05, 3.63) is 41.5 Å². The summed E-state index contributed by atoms with van der Waals surface area (Å²) in [7, 11) is 0. The number of rotatable bonds is 7. The average Bonchev–Trinajstić information content (AvgIpc) is 2.44. The first kappa shape index (κ1) is 18.8. The Morgan fingerprint density at radius 1 is 1.09 bits per heavy atom. The van der Waals surface area contributed by atoms with E-state index in [0.717, 1.165) is 12.2 Å². The van der Waals surface area contributed by atoms with Crippen LogP contribution in [0.5, 0.6) is 5.75 Å². The third-order valence-corrected chi connectivity index (χ3v) is 3.63. The van der Waals surface area contributed by atoms with Crippen LogP contribution in [0.2, 0.25) is 0 Å². The number of hydrogen-bond acceptors (Lipinski definition) is 2. The van der Waals surface area contributed by atoms with Crippen LogP contribution in [-0.4, -0.2) is 12.9 Å². The van der Waals surface area contributed by atoms with Gasteiger partial charge < -0.3 is 9.47 Å². The van der Waals surface area contributed by atoms with E-state index in [0.29, 0.717) is 12.5 Å². The van der Waals surface area contributed by atoms with E-state index in [1.165, 1.54) is 11.1 Å². The Balaban J connectivity index is 2.92. The molecular formula is C20H32O2. The lowest BCUT2D eigenvalue weighted by Gasteiger charge is -2.29. The van der Waals surface area contributed by atoms with Gasteiger partial charge in [0, 0.05) is 18.9 Å². The van der Waals surface area contributed by atoms with Crippen molar-refractivity contribution < 1.29 is 9.47 Å². The fourth-order valence-electron chi connectivity index (χ4n) is 2.51. The summed E-state index contributed by atoms with van der Waals surface area (Å²) >= 11 is 0. The molecule has 2 atom stereocenters. The molecule has 1 rings (SSSR count). The summed E-state index contributed by atoms with van der Waals surface area (Å²) in [4.78, 5) is 0. The molecule has 0 saturated carbocycles. The van der Waals surface area contributed by atoms with E-state index in [1.54, 1.807) is 0 Å². The molecule has 0 amide bonds. The Morgan fingerprint density at radius 3 is 2.09 bits per heavy atom. The van der Waals surface area contributed by atoms with Gasteiger partial charge in [-0.25, -0.2) is 0 Å². The van der Waals surface area contributed by atoms with Gasteiger partial charge in [0.2, 0.25) is 0 Å². The summed E-state index contributed by atoms with van der Waals surface area (Å²) in [5.41, 5.74) is 2.87. The van der Waals surface area contributed by atoms with Crippen LogP contribution in [0.4, 0.5) is 0 Å². The van der Waals surface area contributed by atoms with Gasteiger partial charge in [-0.2, -0.15) is 0 Å². The normalized spacial score (nSPS) is 14.3. The minimum Gasteiger partial charge on any atom is -0.465 e. The summed E-state index contributed by atoms with van der Waals surface area (Å²) in [6.07, 6.45) is 3.04. The molecule has 0 N–H and O–H groups in total. The molecule has 2 nitrogen and oxygen atoms in total. The Bertz CT molecular complexity index is 461. The monoisotopic (exact) mass is 304 g/mol. The van der Waals surface area contributed by atoms with Gasteiger partial charge >= 0.3 is 0 Å². The van der Waals surface area contributed by atoms with Crippen LogP contribution >= 0.6 is 0 Å². The van der Waals surface area contributed by atoms with Crippen LogP contribution < -0.4 is 4.74 Å². The third-order valence-electron chi connectivity index (χ3n) is 3.63. The molecule has 124 valence electrons. The molecule has 0 saturated heterocycles. The van der Waals surface area contributed by atoms with Gasteiger partial charge in [-0.15, -0.1) is 0 Å². The minimum absolute atomic E-state index is 0.160. The topological polar surface area (TPSA) is 18.5 Å². The van der Waals surface area contributed by atoms with Crippen molar-refractivity contribution in [2.24, 2.45) is 5.41 Å². The molecule has 2 unspecified atom stereocenters. The van der Waals surface area contributed by atoms with Crippen molar-refractivity contribution in [1.82, 2.24) is 0 Å². The maximum atomic E-state index is 5.87. The van der Waals surface area contributed by atoms with E-state index in [1.807, 2.05) is 6.92 Å². The molecule has 0 aliphatic heterocycles. The Morgan fingerprint density at radius 2 is 1.68 bits per heavy atom. The van der Waals surface area contributed by atoms with Crippen molar-refractivity contribution in [1.29, 1.82) is 0 Å². The molecule has 0 spiro atoms. The molecule has 2 heteroatoms. The molecule has 0 radical (unpaired) electrons. The average molecular weight is 304 g/mol. The number of benzene rings is 1. The zero-order valence-corrected chi connectivity index (χ0v) is 15.3. The Kier molecular flexibility index (Phi) is 7.15. The van der Waals surface area contributed by atoms with E-state index in [4.69, 9.17) is 9.47 Å². The quantitative estimate of drug-likeness (QED) is 0.459. The largest absolute Gasteiger partial charge is 0.465 e. The maximum Gasteiger partial charge on any atom is 0.199 e. The first-order valence-electron chi connectivity index (χ1n) is 8.31. The van der Waals surface area contributed by atoms with Gasteiger partial charge in [0.05, 0.1) is 0 Å². The van der Waals surface area contributed by atoms with Gasteiger partial charge in [-0.1, -0.05) is 51.5 Å². The number of ether oxygens (including phenoxy) is 2. The first-order chi connectivity index (χ1) is 10.3. The zero-order valence-electron chi connectivity index (χ0n) is 15.3. The highest BCUT2D eigenvalue weighted by Crippen LogP contribution is 2.37. The predicted molar refractivity (Wildman–Crippen MR) is 94.4 cm³/mol. The van der Waals surface area contributed by atoms with Crippen LogP contribution in [-0.2, 0) is 4.74 Å². The smallest absolute Gasteiger partial charge is 0.199 e. The van der Waals surface area contributed by atoms with Crippen LogP contribution in [0, 0.1) is 5.41 Å². The molecule has 0 heterocycles. The van der Waals surface area contributed by atoms with E-state index in [9.17, 15) is 0 Å². The van der Waals surface area contributed by atoms with Crippen molar-refractivity contribution in [3.8, 4) is 5.75 Å². The Labute approximate surface area is 136 Å². The summed E-state index contributed by atoms with van der Waals surface area (Å²) in [6, 6.07) is 8.44. The summed E-state index contributed by atoms with van der Waals surface area (Å²) < 4.78 is 11.4. The second kappa shape index (κ2) is 8.38. The molecule has 0 aliphatic rings. The molecular weight excluding hydrogens is 272 g/mol. The van der Waals surface area contributed by atoms with Crippen molar-refractivity contribution >= 4 is 0 Å². The molecule has 1 aromatic carbocycles. The van der Waals surface area contributed by atoms with Gasteiger partial charge in [-0.3, -0.25) is 0 Å². The van der Waals surface area contributed by atoms with Gasteiger partial charge in [0.15, 0.2) is 6.29 Å². The van der Waals surface area contributed by atoms with Gasteiger partial charge in [0.25, 0.3) is 0 Å². The summed E-state index contributed by atoms with van der Waals surface area (Å²) in [6.45, 7) is 15.9. The van der Waals surface area contributed by atoms with Crippen LogP contribution in [0.15, 0.2) is 35.9 Å². The summed E-state index contributed by atoms with van der Waals surface area (Å²) in [5, 5.41) is 0. The fraction of sp³-hybridized carbons (Fsp3) is 0.600. The van der Waals surface area contributed by atoms with E-state index < -0.39 is 0 Å². The lowest BCUT2D eigenvalue weighted by atomic mass is 9.76. The lowest BCUT2D eigenvalue weighted by Crippen LogP contribution is -2.19. The molecule has 22 heavy (non-hydrogen) atoms. The molecule has 0 aliphatic carbocycles.